The fourth-order valence-corrected chi connectivity index (χ4v) is 3.35. The Hall–Kier alpha value is -0.960. The van der Waals surface area contributed by atoms with Gasteiger partial charge in [-0.05, 0) is 39.2 Å². The highest BCUT2D eigenvalue weighted by atomic mass is 14.9. The topological polar surface area (TPSA) is 37.8 Å². The van der Waals surface area contributed by atoms with E-state index in [1.807, 2.05) is 0 Å². The van der Waals surface area contributed by atoms with Gasteiger partial charge in [-0.3, -0.25) is 0 Å². The van der Waals surface area contributed by atoms with Gasteiger partial charge in [0.1, 0.15) is 5.82 Å². The van der Waals surface area contributed by atoms with Crippen LogP contribution in [0.2, 0.25) is 0 Å². The Morgan fingerprint density at radius 1 is 1.10 bits per heavy atom. The first kappa shape index (κ1) is 15.4. The summed E-state index contributed by atoms with van der Waals surface area (Å²) < 4.78 is 0. The molecule has 3 nitrogen and oxygen atoms in total. The molecule has 20 heavy (non-hydrogen) atoms. The minimum absolute atomic E-state index is 0.583. The van der Waals surface area contributed by atoms with Crippen LogP contribution in [0.4, 0.5) is 0 Å². The van der Waals surface area contributed by atoms with Crippen molar-refractivity contribution in [3.05, 3.63) is 22.8 Å². The molecule has 1 saturated carbocycles. The zero-order valence-corrected chi connectivity index (χ0v) is 13.5. The van der Waals surface area contributed by atoms with Gasteiger partial charge in [0.2, 0.25) is 0 Å². The van der Waals surface area contributed by atoms with Crippen LogP contribution in [-0.4, -0.2) is 16.5 Å². The van der Waals surface area contributed by atoms with Gasteiger partial charge in [0.15, 0.2) is 0 Å². The summed E-state index contributed by atoms with van der Waals surface area (Å²) in [5, 5.41) is 3.38. The molecule has 2 rings (SSSR count). The number of rotatable bonds is 5. The maximum atomic E-state index is 4.83. The molecule has 2 unspecified atom stereocenters. The molecule has 0 spiro atoms. The monoisotopic (exact) mass is 275 g/mol. The lowest BCUT2D eigenvalue weighted by Crippen LogP contribution is -2.19. The van der Waals surface area contributed by atoms with Gasteiger partial charge in [0.05, 0.1) is 0 Å². The zero-order valence-electron chi connectivity index (χ0n) is 13.5. The maximum Gasteiger partial charge on any atom is 0.131 e. The molecule has 1 aromatic heterocycles. The Kier molecular flexibility index (Phi) is 5.53. The predicted octanol–water partition coefficient (Wildman–Crippen LogP) is 3.89. The van der Waals surface area contributed by atoms with Crippen molar-refractivity contribution in [2.24, 2.45) is 5.92 Å². The van der Waals surface area contributed by atoms with Gasteiger partial charge < -0.3 is 5.32 Å². The van der Waals surface area contributed by atoms with Crippen LogP contribution in [0.15, 0.2) is 0 Å². The van der Waals surface area contributed by atoms with E-state index in [2.05, 4.69) is 33.0 Å². The van der Waals surface area contributed by atoms with Gasteiger partial charge in [-0.2, -0.15) is 0 Å². The van der Waals surface area contributed by atoms with Crippen molar-refractivity contribution in [2.45, 2.75) is 72.3 Å². The number of aromatic nitrogens is 2. The van der Waals surface area contributed by atoms with E-state index in [1.54, 1.807) is 0 Å². The van der Waals surface area contributed by atoms with Crippen LogP contribution in [0.3, 0.4) is 0 Å². The van der Waals surface area contributed by atoms with Gasteiger partial charge in [0, 0.05) is 29.4 Å². The summed E-state index contributed by atoms with van der Waals surface area (Å²) in [7, 11) is 0. The molecule has 3 heteroatoms. The Balaban J connectivity index is 2.16. The van der Waals surface area contributed by atoms with Crippen molar-refractivity contribution in [3.63, 3.8) is 0 Å². The summed E-state index contributed by atoms with van der Waals surface area (Å²) >= 11 is 0. The fraction of sp³-hybridized carbons (Fsp3) is 0.765. The van der Waals surface area contributed by atoms with Crippen LogP contribution in [0.5, 0.6) is 0 Å². The van der Waals surface area contributed by atoms with E-state index >= 15 is 0 Å². The van der Waals surface area contributed by atoms with Crippen molar-refractivity contribution >= 4 is 0 Å². The van der Waals surface area contributed by atoms with Crippen LogP contribution in [-0.2, 0) is 6.54 Å². The molecule has 0 saturated heterocycles. The van der Waals surface area contributed by atoms with E-state index in [1.165, 1.54) is 37.7 Å². The number of hydrogen-bond acceptors (Lipinski definition) is 3. The molecular formula is C17H29N3. The highest BCUT2D eigenvalue weighted by molar-refractivity contribution is 5.25. The average molecular weight is 275 g/mol. The van der Waals surface area contributed by atoms with Crippen molar-refractivity contribution in [2.75, 3.05) is 6.54 Å². The summed E-state index contributed by atoms with van der Waals surface area (Å²) in [5.74, 6) is 2.55. The number of aryl methyl sites for hydroxylation is 2. The van der Waals surface area contributed by atoms with E-state index in [0.29, 0.717) is 5.92 Å². The van der Waals surface area contributed by atoms with Gasteiger partial charge in [-0.25, -0.2) is 9.97 Å². The molecule has 1 aliphatic rings. The van der Waals surface area contributed by atoms with Crippen LogP contribution in [0.1, 0.15) is 74.6 Å². The Labute approximate surface area is 123 Å². The van der Waals surface area contributed by atoms with Gasteiger partial charge >= 0.3 is 0 Å². The molecule has 112 valence electrons. The second kappa shape index (κ2) is 7.16. The summed E-state index contributed by atoms with van der Waals surface area (Å²) in [5.41, 5.74) is 3.59. The minimum atomic E-state index is 0.583. The molecule has 1 aromatic rings. The number of nitrogens with zero attached hydrogens (tertiary/aromatic N) is 2. The van der Waals surface area contributed by atoms with E-state index in [9.17, 15) is 0 Å². The molecule has 0 bridgehead atoms. The summed E-state index contributed by atoms with van der Waals surface area (Å²) in [6, 6.07) is 0. The molecule has 1 fully saturated rings. The third-order valence-corrected chi connectivity index (χ3v) is 4.72. The third kappa shape index (κ3) is 3.57. The van der Waals surface area contributed by atoms with Crippen LogP contribution in [0.25, 0.3) is 0 Å². The lowest BCUT2D eigenvalue weighted by Gasteiger charge is -2.28. The van der Waals surface area contributed by atoms with Gasteiger partial charge in [0.25, 0.3) is 0 Å². The molecule has 1 aliphatic carbocycles. The van der Waals surface area contributed by atoms with Crippen molar-refractivity contribution in [1.82, 2.24) is 15.3 Å². The van der Waals surface area contributed by atoms with E-state index in [4.69, 9.17) is 9.97 Å². The first-order chi connectivity index (χ1) is 9.65. The lowest BCUT2D eigenvalue weighted by atomic mass is 9.80. The molecule has 0 radical (unpaired) electrons. The van der Waals surface area contributed by atoms with E-state index < -0.39 is 0 Å². The number of nitrogens with one attached hydrogen (secondary N) is 1. The molecule has 1 N–H and O–H groups in total. The summed E-state index contributed by atoms with van der Waals surface area (Å²) in [4.78, 5) is 9.66. The van der Waals surface area contributed by atoms with Crippen LogP contribution in [0, 0.1) is 19.8 Å². The standard InChI is InChI=1S/C17H29N3/c1-5-14-8-7-9-15(10-14)17-19-12(3)16(11-18-6-2)13(4)20-17/h14-15,18H,5-11H2,1-4H3. The third-order valence-electron chi connectivity index (χ3n) is 4.72. The molecule has 2 atom stereocenters. The van der Waals surface area contributed by atoms with Gasteiger partial charge in [-0.15, -0.1) is 0 Å². The maximum absolute atomic E-state index is 4.83. The molecular weight excluding hydrogens is 246 g/mol. The second-order valence-electron chi connectivity index (χ2n) is 6.15. The smallest absolute Gasteiger partial charge is 0.131 e. The predicted molar refractivity (Wildman–Crippen MR) is 83.9 cm³/mol. The van der Waals surface area contributed by atoms with Crippen molar-refractivity contribution in [3.8, 4) is 0 Å². The zero-order chi connectivity index (χ0) is 14.5. The SMILES string of the molecule is CCNCc1c(C)nc(C2CCCC(CC)C2)nc1C. The van der Waals surface area contributed by atoms with Crippen LogP contribution < -0.4 is 5.32 Å². The largest absolute Gasteiger partial charge is 0.313 e. The quantitative estimate of drug-likeness (QED) is 0.886. The second-order valence-corrected chi connectivity index (χ2v) is 6.15. The molecule has 0 aliphatic heterocycles. The van der Waals surface area contributed by atoms with Crippen molar-refractivity contribution < 1.29 is 0 Å². The highest BCUT2D eigenvalue weighted by Gasteiger charge is 2.25. The fourth-order valence-electron chi connectivity index (χ4n) is 3.35. The van der Waals surface area contributed by atoms with Crippen molar-refractivity contribution in [1.29, 1.82) is 0 Å². The summed E-state index contributed by atoms with van der Waals surface area (Å²) in [6.45, 7) is 10.6. The average Bonchev–Trinajstić information content (AvgIpc) is 2.46. The Bertz CT molecular complexity index is 419. The molecule has 1 heterocycles. The Morgan fingerprint density at radius 2 is 1.80 bits per heavy atom. The lowest BCUT2D eigenvalue weighted by molar-refractivity contribution is 0.306. The highest BCUT2D eigenvalue weighted by Crippen LogP contribution is 2.36. The number of hydrogen-bond donors (Lipinski definition) is 1. The van der Waals surface area contributed by atoms with E-state index in [-0.39, 0.29) is 0 Å². The Morgan fingerprint density at radius 3 is 2.40 bits per heavy atom. The first-order valence-corrected chi connectivity index (χ1v) is 8.20. The summed E-state index contributed by atoms with van der Waals surface area (Å²) in [6.07, 6.45) is 6.57. The van der Waals surface area contributed by atoms with E-state index in [0.717, 1.165) is 36.2 Å². The van der Waals surface area contributed by atoms with Crippen LogP contribution >= 0.6 is 0 Å². The normalized spacial score (nSPS) is 23.0. The molecule has 0 amide bonds. The minimum Gasteiger partial charge on any atom is -0.313 e. The first-order valence-electron chi connectivity index (χ1n) is 8.20. The molecule has 0 aromatic carbocycles. The van der Waals surface area contributed by atoms with Gasteiger partial charge in [-0.1, -0.05) is 33.1 Å².